The average molecular weight is 998 g/mol. The van der Waals surface area contributed by atoms with Crippen molar-refractivity contribution in [3.05, 3.63) is 241 Å². The number of hydrogen-bond donors (Lipinski definition) is 0. The fraction of sp³-hybridized carbons (Fsp3) is 0.0423. The molecule has 0 saturated heterocycles. The molecular formula is C71H43N5O2. The summed E-state index contributed by atoms with van der Waals surface area (Å²) in [5, 5.41) is 32.2. The van der Waals surface area contributed by atoms with Crippen molar-refractivity contribution >= 4 is 109 Å². The predicted octanol–water partition coefficient (Wildman–Crippen LogP) is 18.6. The quantitative estimate of drug-likeness (QED) is 0.166. The molecule has 5 aromatic heterocycles. The number of para-hydroxylation sites is 6. The summed E-state index contributed by atoms with van der Waals surface area (Å²) in [5.74, 6) is 0. The van der Waals surface area contributed by atoms with Crippen LogP contribution in [0.4, 0.5) is 0 Å². The Kier molecular flexibility index (Phi) is 9.09. The van der Waals surface area contributed by atoms with Crippen molar-refractivity contribution < 1.29 is 8.83 Å². The van der Waals surface area contributed by atoms with Crippen LogP contribution in [0.15, 0.2) is 233 Å². The van der Waals surface area contributed by atoms with Gasteiger partial charge in [0.15, 0.2) is 0 Å². The van der Waals surface area contributed by atoms with Crippen molar-refractivity contribution in [2.24, 2.45) is 0 Å². The first-order valence-corrected chi connectivity index (χ1v) is 26.3. The summed E-state index contributed by atoms with van der Waals surface area (Å²) in [6.07, 6.45) is 0. The normalized spacial score (nSPS) is 12.2. The summed E-state index contributed by atoms with van der Waals surface area (Å²) in [6.45, 7) is 4.66. The summed E-state index contributed by atoms with van der Waals surface area (Å²) in [7, 11) is 0. The van der Waals surface area contributed by atoms with Gasteiger partial charge in [-0.2, -0.15) is 10.5 Å². The number of nitriles is 2. The largest absolute Gasteiger partial charge is 0.455 e. The molecule has 0 fully saturated rings. The van der Waals surface area contributed by atoms with Gasteiger partial charge < -0.3 is 22.5 Å². The lowest BCUT2D eigenvalue weighted by atomic mass is 9.78. The van der Waals surface area contributed by atoms with Crippen molar-refractivity contribution in [2.75, 3.05) is 0 Å². The van der Waals surface area contributed by atoms with Crippen LogP contribution in [0.5, 0.6) is 0 Å². The molecule has 16 aromatic rings. The molecule has 0 radical (unpaired) electrons. The molecule has 0 bridgehead atoms. The maximum atomic E-state index is 10.8. The minimum absolute atomic E-state index is 0.541. The highest BCUT2D eigenvalue weighted by Gasteiger charge is 2.38. The third kappa shape index (κ3) is 5.96. The van der Waals surface area contributed by atoms with Crippen LogP contribution in [0.2, 0.25) is 0 Å². The Morgan fingerprint density at radius 2 is 0.756 bits per heavy atom. The van der Waals surface area contributed by atoms with Gasteiger partial charge in [0.1, 0.15) is 22.3 Å². The van der Waals surface area contributed by atoms with Gasteiger partial charge in [0.05, 0.1) is 73.0 Å². The van der Waals surface area contributed by atoms with E-state index in [1.165, 1.54) is 0 Å². The highest BCUT2D eigenvalue weighted by Crippen LogP contribution is 2.53. The minimum Gasteiger partial charge on any atom is -0.455 e. The molecule has 0 aliphatic carbocycles. The van der Waals surface area contributed by atoms with E-state index >= 15 is 0 Å². The summed E-state index contributed by atoms with van der Waals surface area (Å²) < 4.78 is 21.2. The van der Waals surface area contributed by atoms with Gasteiger partial charge in [0, 0.05) is 65.3 Å². The van der Waals surface area contributed by atoms with Crippen molar-refractivity contribution in [3.63, 3.8) is 0 Å². The fourth-order valence-electron chi connectivity index (χ4n) is 13.3. The van der Waals surface area contributed by atoms with Gasteiger partial charge in [0.25, 0.3) is 0 Å². The zero-order chi connectivity index (χ0) is 52.0. The second-order valence-electron chi connectivity index (χ2n) is 20.9. The van der Waals surface area contributed by atoms with Crippen LogP contribution in [0.1, 0.15) is 30.5 Å². The molecule has 7 heteroatoms. The van der Waals surface area contributed by atoms with Crippen LogP contribution in [-0.4, -0.2) is 13.7 Å². The van der Waals surface area contributed by atoms with Gasteiger partial charge in [-0.15, -0.1) is 0 Å². The molecule has 364 valence electrons. The topological polar surface area (TPSA) is 88.7 Å². The molecule has 0 amide bonds. The minimum atomic E-state index is -0.890. The first-order valence-electron chi connectivity index (χ1n) is 26.3. The molecule has 11 aromatic carbocycles. The molecule has 0 atom stereocenters. The van der Waals surface area contributed by atoms with Gasteiger partial charge in [-0.05, 0) is 122 Å². The molecule has 7 nitrogen and oxygen atoms in total. The summed E-state index contributed by atoms with van der Waals surface area (Å²) in [6, 6.07) is 83.5. The van der Waals surface area contributed by atoms with Crippen molar-refractivity contribution in [1.82, 2.24) is 13.7 Å². The van der Waals surface area contributed by atoms with E-state index in [2.05, 4.69) is 203 Å². The SMILES string of the molecule is CC(C)(c1c(-c2cccc(C#N)c2)c(-n2c3ccccc3c3c4oc5ccccc5c4ccc32)cc(-n2c3ccccc3c3c4oc5ccccc5c4ccc32)c1-c1cccc(C#N)c1)n1c2ccccc2c2ccccc21. The van der Waals surface area contributed by atoms with Gasteiger partial charge in [-0.1, -0.05) is 133 Å². The highest BCUT2D eigenvalue weighted by atomic mass is 16.3. The van der Waals surface area contributed by atoms with Crippen molar-refractivity contribution in [2.45, 2.75) is 19.4 Å². The average Bonchev–Trinajstić information content (AvgIpc) is 4.33. The van der Waals surface area contributed by atoms with Crippen molar-refractivity contribution in [1.29, 1.82) is 10.5 Å². The molecule has 78 heavy (non-hydrogen) atoms. The molecule has 0 aliphatic heterocycles. The van der Waals surface area contributed by atoms with Crippen LogP contribution in [-0.2, 0) is 5.54 Å². The Bertz CT molecular complexity index is 5030. The number of fused-ring (bicyclic) bond motifs is 17. The van der Waals surface area contributed by atoms with Gasteiger partial charge >= 0.3 is 0 Å². The van der Waals surface area contributed by atoms with Crippen LogP contribution in [0.3, 0.4) is 0 Å². The maximum absolute atomic E-state index is 10.8. The fourth-order valence-corrected chi connectivity index (χ4v) is 13.3. The Morgan fingerprint density at radius 3 is 1.21 bits per heavy atom. The van der Waals surface area contributed by atoms with E-state index in [1.54, 1.807) is 0 Å². The highest BCUT2D eigenvalue weighted by molar-refractivity contribution is 6.26. The smallest absolute Gasteiger partial charge is 0.145 e. The van der Waals surface area contributed by atoms with E-state index in [9.17, 15) is 10.5 Å². The summed E-state index contributed by atoms with van der Waals surface area (Å²) in [5.41, 5.74) is 16.0. The molecule has 0 spiro atoms. The first kappa shape index (κ1) is 43.8. The van der Waals surface area contributed by atoms with Crippen molar-refractivity contribution in [3.8, 4) is 45.8 Å². The zero-order valence-electron chi connectivity index (χ0n) is 42.4. The number of aromatic nitrogens is 3. The molecular weight excluding hydrogens is 955 g/mol. The molecule has 0 saturated carbocycles. The van der Waals surface area contributed by atoms with Gasteiger partial charge in [-0.25, -0.2) is 0 Å². The number of furan rings is 2. The number of benzene rings is 11. The summed E-state index contributed by atoms with van der Waals surface area (Å²) >= 11 is 0. The molecule has 0 unspecified atom stereocenters. The molecule has 0 aliphatic rings. The monoisotopic (exact) mass is 997 g/mol. The Hall–Kier alpha value is -10.6. The lowest BCUT2D eigenvalue weighted by Gasteiger charge is -2.37. The molecule has 16 rings (SSSR count). The van der Waals surface area contributed by atoms with E-state index in [0.717, 1.165) is 148 Å². The zero-order valence-corrected chi connectivity index (χ0v) is 42.4. The standard InChI is InChI=1S/C71H43N5O2/c1-71(2,76-56-29-11-3-21-46(56)47-22-4-12-30-57(47)76)68-64(44-19-15-17-42(37-44)40-72)60(74-54-27-9-5-25-52(54)66-58(74)35-33-50-48-23-7-13-31-62(48)77-69(50)66)39-61(65(68)45-20-16-18-43(38-45)41-73)75-55-28-10-6-26-53(55)67-59(75)36-34-51-49-24-8-14-32-63(49)78-70(51)67/h3-39H,1-2H3. The third-order valence-corrected chi connectivity index (χ3v) is 16.4. The van der Waals surface area contributed by atoms with E-state index < -0.39 is 5.54 Å². The lowest BCUT2D eigenvalue weighted by molar-refractivity contribution is 0.467. The number of nitrogens with zero attached hydrogens (tertiary/aromatic N) is 5. The van der Waals surface area contributed by atoms with E-state index in [4.69, 9.17) is 8.83 Å². The Labute approximate surface area is 446 Å². The number of hydrogen-bond acceptors (Lipinski definition) is 4. The van der Waals surface area contributed by atoms with Crippen LogP contribution in [0.25, 0.3) is 143 Å². The van der Waals surface area contributed by atoms with Crippen LogP contribution in [0, 0.1) is 22.7 Å². The van der Waals surface area contributed by atoms with Gasteiger partial charge in [0.2, 0.25) is 0 Å². The lowest BCUT2D eigenvalue weighted by Crippen LogP contribution is -2.30. The Morgan fingerprint density at radius 1 is 0.359 bits per heavy atom. The first-order chi connectivity index (χ1) is 38.4. The molecule has 0 N–H and O–H groups in total. The molecule has 5 heterocycles. The number of rotatable bonds is 6. The maximum Gasteiger partial charge on any atom is 0.145 e. The predicted molar refractivity (Wildman–Crippen MR) is 318 cm³/mol. The van der Waals surface area contributed by atoms with E-state index in [1.807, 2.05) is 60.7 Å². The van der Waals surface area contributed by atoms with Crippen LogP contribution >= 0.6 is 0 Å². The van der Waals surface area contributed by atoms with Gasteiger partial charge in [-0.3, -0.25) is 0 Å². The van der Waals surface area contributed by atoms with Crippen LogP contribution < -0.4 is 0 Å². The Balaban J connectivity index is 1.18. The second kappa shape index (κ2) is 16.2. The van der Waals surface area contributed by atoms with E-state index in [0.29, 0.717) is 11.1 Å². The van der Waals surface area contributed by atoms with E-state index in [-0.39, 0.29) is 0 Å². The third-order valence-electron chi connectivity index (χ3n) is 16.4. The second-order valence-corrected chi connectivity index (χ2v) is 20.9. The summed E-state index contributed by atoms with van der Waals surface area (Å²) in [4.78, 5) is 0.